The molecule has 0 aromatic carbocycles. The van der Waals surface area contributed by atoms with Crippen LogP contribution in [0.2, 0.25) is 18.1 Å². The highest BCUT2D eigenvalue weighted by Crippen LogP contribution is 2.48. The molecule has 0 spiro atoms. The third-order valence-corrected chi connectivity index (χ3v) is 11.2. The van der Waals surface area contributed by atoms with Crippen LogP contribution in [0.1, 0.15) is 80.6 Å². The van der Waals surface area contributed by atoms with Crippen LogP contribution in [-0.2, 0) is 8.99 Å². The highest BCUT2D eigenvalue weighted by Gasteiger charge is 2.43. The predicted octanol–water partition coefficient (Wildman–Crippen LogP) is 7.32. The van der Waals surface area contributed by atoms with E-state index in [0.717, 1.165) is 31.3 Å². The number of hydrogen-bond acceptors (Lipinski definition) is 2. The minimum absolute atomic E-state index is 0.0903. The molecule has 28 heavy (non-hydrogen) atoms. The fraction of sp³-hybridized carbons (Fsp3) is 0.727. The van der Waals surface area contributed by atoms with E-state index in [2.05, 4.69) is 53.7 Å². The zero-order valence-corrected chi connectivity index (χ0v) is 21.4. The molecule has 1 unspecified atom stereocenters. The number of allylic oxidation sites excluding steroid dienone is 5. The summed E-state index contributed by atoms with van der Waals surface area (Å²) in [7, 11) is -6.56. The molecule has 0 amide bonds. The van der Waals surface area contributed by atoms with E-state index in [9.17, 15) is 14.4 Å². The van der Waals surface area contributed by atoms with Crippen LogP contribution >= 0.6 is 7.60 Å². The lowest BCUT2D eigenvalue weighted by Crippen LogP contribution is -2.43. The Morgan fingerprint density at radius 2 is 1.43 bits per heavy atom. The van der Waals surface area contributed by atoms with Crippen molar-refractivity contribution in [1.29, 1.82) is 0 Å². The third kappa shape index (κ3) is 11.5. The molecule has 0 heterocycles. The van der Waals surface area contributed by atoms with Gasteiger partial charge < -0.3 is 14.2 Å². The first kappa shape index (κ1) is 27.5. The molecule has 0 aromatic heterocycles. The third-order valence-electron chi connectivity index (χ3n) is 5.40. The second-order valence-corrected chi connectivity index (χ2v) is 16.1. The largest absolute Gasteiger partial charge is 0.403 e. The van der Waals surface area contributed by atoms with Crippen LogP contribution in [0.3, 0.4) is 0 Å². The van der Waals surface area contributed by atoms with Crippen molar-refractivity contribution >= 4 is 15.9 Å². The Labute approximate surface area is 174 Å². The summed E-state index contributed by atoms with van der Waals surface area (Å²) in [6.45, 7) is 18.7. The van der Waals surface area contributed by atoms with Crippen LogP contribution in [0.5, 0.6) is 0 Å². The Hall–Kier alpha value is -0.453. The van der Waals surface area contributed by atoms with Crippen molar-refractivity contribution in [3.63, 3.8) is 0 Å². The molecule has 0 radical (unpaired) electrons. The van der Waals surface area contributed by atoms with Crippen LogP contribution in [0.25, 0.3) is 0 Å². The second kappa shape index (κ2) is 11.7. The van der Waals surface area contributed by atoms with Crippen molar-refractivity contribution in [3.8, 4) is 0 Å². The molecule has 0 saturated carbocycles. The van der Waals surface area contributed by atoms with E-state index in [0.29, 0.717) is 0 Å². The molecule has 0 fully saturated rings. The van der Waals surface area contributed by atoms with Crippen molar-refractivity contribution < 1.29 is 18.8 Å². The normalized spacial score (nSPS) is 15.5. The Bertz CT molecular complexity index is 617. The van der Waals surface area contributed by atoms with Gasteiger partial charge in [-0.15, -0.1) is 0 Å². The molecule has 0 aliphatic rings. The molecule has 6 heteroatoms. The van der Waals surface area contributed by atoms with Crippen molar-refractivity contribution in [1.82, 2.24) is 0 Å². The van der Waals surface area contributed by atoms with E-state index < -0.39 is 21.8 Å². The standard InChI is InChI=1S/C22H43O4PSi/c1-18(2)12-10-13-19(3)14-11-15-20(4)16-17-21(27(23,24)25)26-28(8,9)22(5,6)7/h12,14,16,21H,10-11,13,15,17H2,1-9H3,(H2,23,24,25)/b19-14+,20-16+. The number of hydrogen-bond donors (Lipinski definition) is 2. The van der Waals surface area contributed by atoms with Gasteiger partial charge in [0.05, 0.1) is 0 Å². The minimum atomic E-state index is -4.31. The monoisotopic (exact) mass is 430 g/mol. The van der Waals surface area contributed by atoms with Gasteiger partial charge in [-0.3, -0.25) is 4.57 Å². The molecule has 0 aromatic rings. The molecule has 164 valence electrons. The summed E-state index contributed by atoms with van der Waals surface area (Å²) in [6.07, 6.45) is 10.7. The lowest BCUT2D eigenvalue weighted by atomic mass is 10.1. The number of rotatable bonds is 11. The molecular weight excluding hydrogens is 387 g/mol. The first-order chi connectivity index (χ1) is 12.6. The summed E-state index contributed by atoms with van der Waals surface area (Å²) in [5.41, 5.74) is 3.89. The quantitative estimate of drug-likeness (QED) is 0.205. The maximum absolute atomic E-state index is 11.9. The van der Waals surface area contributed by atoms with Crippen LogP contribution in [0, 0.1) is 0 Å². The molecule has 4 nitrogen and oxygen atoms in total. The summed E-state index contributed by atoms with van der Waals surface area (Å²) in [5, 5.41) is -0.0903. The molecule has 0 aliphatic heterocycles. The van der Waals surface area contributed by atoms with Gasteiger partial charge >= 0.3 is 7.60 Å². The summed E-state index contributed by atoms with van der Waals surface area (Å²) >= 11 is 0. The molecule has 1 atom stereocenters. The van der Waals surface area contributed by atoms with Gasteiger partial charge in [0.25, 0.3) is 0 Å². The zero-order valence-electron chi connectivity index (χ0n) is 19.5. The van der Waals surface area contributed by atoms with Gasteiger partial charge in [-0.05, 0) is 71.5 Å². The van der Waals surface area contributed by atoms with Crippen molar-refractivity contribution in [3.05, 3.63) is 34.9 Å². The molecular formula is C22H43O4PSi. The molecule has 0 bridgehead atoms. The Balaban J connectivity index is 4.81. The van der Waals surface area contributed by atoms with E-state index in [1.54, 1.807) is 0 Å². The van der Waals surface area contributed by atoms with Crippen LogP contribution < -0.4 is 0 Å². The van der Waals surface area contributed by atoms with Crippen LogP contribution in [0.15, 0.2) is 34.9 Å². The topological polar surface area (TPSA) is 66.8 Å². The SMILES string of the molecule is CC(C)=CCC/C(C)=C/CC/C(C)=C/CC(O[Si](C)(C)C(C)(C)C)P(=O)(O)O. The fourth-order valence-corrected chi connectivity index (χ4v) is 5.26. The summed E-state index contributed by atoms with van der Waals surface area (Å²) < 4.78 is 18.0. The predicted molar refractivity (Wildman–Crippen MR) is 124 cm³/mol. The highest BCUT2D eigenvalue weighted by molar-refractivity contribution is 7.52. The van der Waals surface area contributed by atoms with Crippen molar-refractivity contribution in [2.45, 2.75) is 105 Å². The van der Waals surface area contributed by atoms with Crippen LogP contribution in [-0.4, -0.2) is 23.9 Å². The van der Waals surface area contributed by atoms with Gasteiger partial charge in [0, 0.05) is 6.42 Å². The minimum Gasteiger partial charge on any atom is -0.403 e. The average molecular weight is 431 g/mol. The van der Waals surface area contributed by atoms with Gasteiger partial charge in [-0.1, -0.05) is 55.7 Å². The van der Waals surface area contributed by atoms with E-state index in [-0.39, 0.29) is 11.5 Å². The lowest BCUT2D eigenvalue weighted by molar-refractivity contribution is 0.207. The Kier molecular flexibility index (Phi) is 11.5. The Morgan fingerprint density at radius 1 is 0.964 bits per heavy atom. The molecule has 0 aliphatic carbocycles. The van der Waals surface area contributed by atoms with Crippen molar-refractivity contribution in [2.75, 3.05) is 0 Å². The molecule has 2 N–H and O–H groups in total. The fourth-order valence-electron chi connectivity index (χ4n) is 2.41. The van der Waals surface area contributed by atoms with E-state index in [1.165, 1.54) is 11.1 Å². The first-order valence-electron chi connectivity index (χ1n) is 10.2. The smallest absolute Gasteiger partial charge is 0.353 e. The Morgan fingerprint density at radius 3 is 1.86 bits per heavy atom. The summed E-state index contributed by atoms with van der Waals surface area (Å²) in [5.74, 6) is -1.05. The van der Waals surface area contributed by atoms with Crippen molar-refractivity contribution in [2.24, 2.45) is 0 Å². The van der Waals surface area contributed by atoms with E-state index in [1.807, 2.05) is 26.1 Å². The van der Waals surface area contributed by atoms with E-state index >= 15 is 0 Å². The van der Waals surface area contributed by atoms with Gasteiger partial charge in [0.2, 0.25) is 0 Å². The van der Waals surface area contributed by atoms with Crippen LogP contribution in [0.4, 0.5) is 0 Å². The maximum atomic E-state index is 11.9. The lowest BCUT2D eigenvalue weighted by Gasteiger charge is -2.39. The molecule has 0 saturated heterocycles. The van der Waals surface area contributed by atoms with Gasteiger partial charge in [-0.2, -0.15) is 0 Å². The zero-order chi connectivity index (χ0) is 22.2. The van der Waals surface area contributed by atoms with E-state index in [4.69, 9.17) is 4.43 Å². The van der Waals surface area contributed by atoms with Gasteiger partial charge in [0.1, 0.15) is 0 Å². The van der Waals surface area contributed by atoms with Gasteiger partial charge in [0.15, 0.2) is 14.2 Å². The average Bonchev–Trinajstić information content (AvgIpc) is 2.48. The summed E-state index contributed by atoms with van der Waals surface area (Å²) in [4.78, 5) is 19.5. The van der Waals surface area contributed by atoms with Gasteiger partial charge in [-0.25, -0.2) is 0 Å². The second-order valence-electron chi connectivity index (χ2n) is 9.62. The highest BCUT2D eigenvalue weighted by atomic mass is 31.2. The summed E-state index contributed by atoms with van der Waals surface area (Å²) in [6, 6.07) is 0. The molecule has 0 rings (SSSR count). The first-order valence-corrected chi connectivity index (χ1v) is 14.8. The maximum Gasteiger partial charge on any atom is 0.353 e.